The zero-order valence-electron chi connectivity index (χ0n) is 22.5. The highest BCUT2D eigenvalue weighted by Crippen LogP contribution is 2.34. The predicted octanol–water partition coefficient (Wildman–Crippen LogP) is 6.87. The first kappa shape index (κ1) is 25.9. The second kappa shape index (κ2) is 11.0. The highest BCUT2D eigenvalue weighted by Gasteiger charge is 2.31. The normalized spacial score (nSPS) is 17.4. The minimum Gasteiger partial charge on any atom is -0.381 e. The maximum Gasteiger partial charge on any atom is 0.251 e. The molecule has 0 aliphatic carbocycles. The van der Waals surface area contributed by atoms with Crippen molar-refractivity contribution in [1.82, 2.24) is 15.5 Å². The number of aromatic amines is 1. The Balaban J connectivity index is 1.19. The van der Waals surface area contributed by atoms with Gasteiger partial charge in [-0.1, -0.05) is 55.8 Å². The first-order valence-electron chi connectivity index (χ1n) is 13.9. The van der Waals surface area contributed by atoms with Gasteiger partial charge in [-0.15, -0.1) is 0 Å². The lowest BCUT2D eigenvalue weighted by Gasteiger charge is -2.40. The molecule has 1 amide bonds. The summed E-state index contributed by atoms with van der Waals surface area (Å²) in [7, 11) is 0. The molecule has 0 spiro atoms. The molecule has 6 rings (SSSR count). The first-order valence-corrected chi connectivity index (χ1v) is 14.3. The summed E-state index contributed by atoms with van der Waals surface area (Å²) in [6.45, 7) is 8.24. The Morgan fingerprint density at radius 3 is 2.44 bits per heavy atom. The van der Waals surface area contributed by atoms with E-state index in [1.807, 2.05) is 42.5 Å². The van der Waals surface area contributed by atoms with E-state index in [4.69, 9.17) is 16.3 Å². The molecule has 0 saturated carbocycles. The Morgan fingerprint density at radius 1 is 1.03 bits per heavy atom. The number of ether oxygens (including phenoxy) is 1. The maximum atomic E-state index is 13.4. The molecule has 3 heterocycles. The third kappa shape index (κ3) is 5.28. The fraction of sp³-hybridized carbons (Fsp3) is 0.375. The summed E-state index contributed by atoms with van der Waals surface area (Å²) < 4.78 is 5.40. The van der Waals surface area contributed by atoms with Gasteiger partial charge >= 0.3 is 0 Å². The van der Waals surface area contributed by atoms with E-state index in [2.05, 4.69) is 58.5 Å². The number of fused-ring (bicyclic) bond motifs is 1. The van der Waals surface area contributed by atoms with Crippen LogP contribution in [0.3, 0.4) is 0 Å². The van der Waals surface area contributed by atoms with Crippen molar-refractivity contribution in [2.45, 2.75) is 32.7 Å². The fourth-order valence-electron chi connectivity index (χ4n) is 5.92. The van der Waals surface area contributed by atoms with Crippen molar-refractivity contribution in [3.05, 3.63) is 82.9 Å². The number of halogens is 1. The number of aromatic nitrogens is 2. The zero-order chi connectivity index (χ0) is 26.9. The summed E-state index contributed by atoms with van der Waals surface area (Å²) in [6, 6.07) is 21.8. The summed E-state index contributed by atoms with van der Waals surface area (Å²) in [4.78, 5) is 15.8. The van der Waals surface area contributed by atoms with Crippen LogP contribution in [0, 0.1) is 17.8 Å². The van der Waals surface area contributed by atoms with Crippen LogP contribution in [0.15, 0.2) is 66.7 Å². The van der Waals surface area contributed by atoms with Crippen LogP contribution in [0.2, 0.25) is 5.02 Å². The monoisotopic (exact) mass is 542 g/mol. The predicted molar refractivity (Wildman–Crippen MR) is 157 cm³/mol. The molecule has 202 valence electrons. The van der Waals surface area contributed by atoms with E-state index >= 15 is 0 Å². The molecule has 39 heavy (non-hydrogen) atoms. The standard InChI is InChI=1S/C32H35ClN4O2/c1-20(2)30(26-5-3-4-6-28(26)33)34-32(38)23-9-12-29-27(17-23)31(36-35-29)22-7-10-25(11-8-22)37-15-13-21(14-16-37)24-18-39-19-24/h3-12,17,20-21,24,30H,13-16,18-19H2,1-2H3,(H,34,38)(H,35,36)/t30-/m0/s1. The van der Waals surface area contributed by atoms with Gasteiger partial charge in [-0.05, 0) is 66.6 Å². The molecule has 1 aromatic heterocycles. The molecule has 6 nitrogen and oxygen atoms in total. The SMILES string of the molecule is CC(C)[C@H](NC(=O)c1ccc2[nH]nc(-c3ccc(N4CCC(C5COC5)CC4)cc3)c2c1)c1ccccc1Cl. The number of nitrogens with one attached hydrogen (secondary N) is 2. The van der Waals surface area contributed by atoms with Crippen LogP contribution < -0.4 is 10.2 Å². The molecule has 3 aromatic carbocycles. The number of anilines is 1. The molecule has 2 aliphatic rings. The lowest BCUT2D eigenvalue weighted by Crippen LogP contribution is -2.42. The van der Waals surface area contributed by atoms with Crippen molar-refractivity contribution in [1.29, 1.82) is 0 Å². The van der Waals surface area contributed by atoms with E-state index in [0.29, 0.717) is 10.6 Å². The number of benzene rings is 3. The second-order valence-corrected chi connectivity index (χ2v) is 11.6. The molecule has 2 aliphatic heterocycles. The van der Waals surface area contributed by atoms with Crippen LogP contribution in [0.25, 0.3) is 22.2 Å². The van der Waals surface area contributed by atoms with Gasteiger partial charge < -0.3 is 15.0 Å². The Bertz CT molecular complexity index is 1450. The Labute approximate surface area is 234 Å². The van der Waals surface area contributed by atoms with Gasteiger partial charge in [0.15, 0.2) is 0 Å². The molecular weight excluding hydrogens is 508 g/mol. The number of H-pyrrole nitrogens is 1. The van der Waals surface area contributed by atoms with Crippen molar-refractivity contribution in [2.24, 2.45) is 17.8 Å². The number of hydrogen-bond acceptors (Lipinski definition) is 4. The van der Waals surface area contributed by atoms with Crippen molar-refractivity contribution >= 4 is 34.1 Å². The number of carbonyl (C=O) groups is 1. The molecule has 2 saturated heterocycles. The lowest BCUT2D eigenvalue weighted by atomic mass is 9.83. The second-order valence-electron chi connectivity index (χ2n) is 11.2. The number of nitrogens with zero attached hydrogens (tertiary/aromatic N) is 2. The van der Waals surface area contributed by atoms with Gasteiger partial charge in [0, 0.05) is 46.2 Å². The first-order chi connectivity index (χ1) is 19.0. The number of amides is 1. The molecule has 7 heteroatoms. The summed E-state index contributed by atoms with van der Waals surface area (Å²) in [5, 5.41) is 12.5. The average molecular weight is 543 g/mol. The van der Waals surface area contributed by atoms with E-state index in [1.165, 1.54) is 18.5 Å². The van der Waals surface area contributed by atoms with Gasteiger partial charge in [-0.2, -0.15) is 5.10 Å². The van der Waals surface area contributed by atoms with E-state index in [9.17, 15) is 4.79 Å². The van der Waals surface area contributed by atoms with Crippen LogP contribution in [0.4, 0.5) is 5.69 Å². The minimum absolute atomic E-state index is 0.130. The van der Waals surface area contributed by atoms with E-state index < -0.39 is 0 Å². The molecule has 2 fully saturated rings. The third-order valence-electron chi connectivity index (χ3n) is 8.39. The number of rotatable bonds is 7. The van der Waals surface area contributed by atoms with Gasteiger partial charge in [-0.3, -0.25) is 9.89 Å². The molecular formula is C32H35ClN4O2. The molecule has 2 N–H and O–H groups in total. The maximum absolute atomic E-state index is 13.4. The number of carbonyl (C=O) groups excluding carboxylic acids is 1. The van der Waals surface area contributed by atoms with Gasteiger partial charge in [-0.25, -0.2) is 0 Å². The van der Waals surface area contributed by atoms with Gasteiger partial charge in [0.1, 0.15) is 0 Å². The molecule has 1 atom stereocenters. The van der Waals surface area contributed by atoms with E-state index in [0.717, 1.165) is 65.9 Å². The molecule has 0 radical (unpaired) electrons. The number of hydrogen-bond donors (Lipinski definition) is 2. The van der Waals surface area contributed by atoms with Crippen molar-refractivity contribution in [3.63, 3.8) is 0 Å². The van der Waals surface area contributed by atoms with Crippen molar-refractivity contribution in [3.8, 4) is 11.3 Å². The lowest BCUT2D eigenvalue weighted by molar-refractivity contribution is -0.0650. The quantitative estimate of drug-likeness (QED) is 0.267. The summed E-state index contributed by atoms with van der Waals surface area (Å²) in [6.07, 6.45) is 2.47. The molecule has 4 aromatic rings. The minimum atomic E-state index is -0.189. The fourth-order valence-corrected chi connectivity index (χ4v) is 6.17. The van der Waals surface area contributed by atoms with E-state index in [1.54, 1.807) is 0 Å². The van der Waals surface area contributed by atoms with Crippen LogP contribution in [0.1, 0.15) is 48.7 Å². The highest BCUT2D eigenvalue weighted by molar-refractivity contribution is 6.31. The highest BCUT2D eigenvalue weighted by atomic mass is 35.5. The molecule has 0 bridgehead atoms. The van der Waals surface area contributed by atoms with Gasteiger partial charge in [0.05, 0.1) is 30.5 Å². The largest absolute Gasteiger partial charge is 0.381 e. The van der Waals surface area contributed by atoms with Crippen molar-refractivity contribution < 1.29 is 9.53 Å². The van der Waals surface area contributed by atoms with Gasteiger partial charge in [0.25, 0.3) is 5.91 Å². The van der Waals surface area contributed by atoms with Gasteiger partial charge in [0.2, 0.25) is 0 Å². The third-order valence-corrected chi connectivity index (χ3v) is 8.74. The topological polar surface area (TPSA) is 70.2 Å². The Hall–Kier alpha value is -3.35. The Morgan fingerprint density at radius 2 is 1.77 bits per heavy atom. The van der Waals surface area contributed by atoms with Crippen molar-refractivity contribution in [2.75, 3.05) is 31.2 Å². The Kier molecular flexibility index (Phi) is 7.32. The van der Waals surface area contributed by atoms with Crippen LogP contribution >= 0.6 is 11.6 Å². The summed E-state index contributed by atoms with van der Waals surface area (Å²) >= 11 is 6.46. The number of piperidine rings is 1. The summed E-state index contributed by atoms with van der Waals surface area (Å²) in [5.74, 6) is 1.62. The average Bonchev–Trinajstić information content (AvgIpc) is 3.35. The zero-order valence-corrected chi connectivity index (χ0v) is 23.2. The summed E-state index contributed by atoms with van der Waals surface area (Å²) in [5.41, 5.74) is 5.55. The van der Waals surface area contributed by atoms with E-state index in [-0.39, 0.29) is 17.9 Å². The van der Waals surface area contributed by atoms with Crippen LogP contribution in [-0.4, -0.2) is 42.4 Å². The van der Waals surface area contributed by atoms with Crippen LogP contribution in [-0.2, 0) is 4.74 Å². The smallest absolute Gasteiger partial charge is 0.251 e. The van der Waals surface area contributed by atoms with Crippen LogP contribution in [0.5, 0.6) is 0 Å². The molecule has 0 unspecified atom stereocenters.